The lowest BCUT2D eigenvalue weighted by atomic mass is 9.91. The van der Waals surface area contributed by atoms with Crippen molar-refractivity contribution in [3.8, 4) is 0 Å². The molecule has 4 heterocycles. The Morgan fingerprint density at radius 1 is 1.44 bits per heavy atom. The van der Waals surface area contributed by atoms with E-state index >= 15 is 0 Å². The van der Waals surface area contributed by atoms with Gasteiger partial charge in [0.2, 0.25) is 5.91 Å². The van der Waals surface area contributed by atoms with Crippen LogP contribution in [-0.2, 0) is 11.2 Å². The highest BCUT2D eigenvalue weighted by Gasteiger charge is 2.32. The Labute approximate surface area is 158 Å². The third-order valence-corrected chi connectivity index (χ3v) is 5.60. The molecule has 1 saturated heterocycles. The van der Waals surface area contributed by atoms with Crippen molar-refractivity contribution >= 4 is 22.6 Å². The molecule has 1 N–H and O–H groups in total. The smallest absolute Gasteiger partial charge is 0.228 e. The molecule has 7 nitrogen and oxygen atoms in total. The van der Waals surface area contributed by atoms with Crippen LogP contribution in [0.2, 0.25) is 0 Å². The summed E-state index contributed by atoms with van der Waals surface area (Å²) < 4.78 is 5.08. The average Bonchev–Trinajstić information content (AvgIpc) is 3.30. The van der Waals surface area contributed by atoms with Crippen LogP contribution < -0.4 is 4.90 Å². The Bertz CT molecular complexity index is 947. The van der Waals surface area contributed by atoms with E-state index in [4.69, 9.17) is 4.52 Å². The number of likely N-dealkylation sites (N-methyl/N-ethyl adjacent to an activating group) is 1. The molecule has 1 aliphatic heterocycles. The van der Waals surface area contributed by atoms with E-state index in [0.717, 1.165) is 35.4 Å². The molecule has 0 saturated carbocycles. The molecule has 1 aliphatic rings. The number of carbonyl (C=O) groups excluding carboxylic acids is 1. The zero-order valence-corrected chi connectivity index (χ0v) is 16.0. The fourth-order valence-corrected chi connectivity index (χ4v) is 3.98. The van der Waals surface area contributed by atoms with Gasteiger partial charge in [-0.15, -0.1) is 0 Å². The van der Waals surface area contributed by atoms with Crippen LogP contribution in [-0.4, -0.2) is 52.1 Å². The normalized spacial score (nSPS) is 20.2. The summed E-state index contributed by atoms with van der Waals surface area (Å²) in [7, 11) is 2.11. The molecule has 0 aromatic carbocycles. The maximum Gasteiger partial charge on any atom is 0.228 e. The standard InChI is InChI=1S/C20H25N5O2/c1-13-6-9-25(19(26)11-15-10-14(2)27-23-15)12-18(13)24(3)17-5-8-22-20-16(17)4-7-21-20/h4-5,7-8,10,13,18H,6,9,11-12H2,1-3H3,(H,21,22)/t13-,18?/m1/s1. The number of aromatic nitrogens is 3. The number of aryl methyl sites for hydroxylation is 1. The molecule has 0 aliphatic carbocycles. The van der Waals surface area contributed by atoms with Crippen molar-refractivity contribution in [2.45, 2.75) is 32.7 Å². The summed E-state index contributed by atoms with van der Waals surface area (Å²) >= 11 is 0. The maximum absolute atomic E-state index is 12.8. The molecule has 7 heteroatoms. The second-order valence-corrected chi connectivity index (χ2v) is 7.46. The highest BCUT2D eigenvalue weighted by Crippen LogP contribution is 2.30. The molecule has 0 bridgehead atoms. The Kier molecular flexibility index (Phi) is 4.59. The predicted octanol–water partition coefficient (Wildman–Crippen LogP) is 2.78. The fraction of sp³-hybridized carbons (Fsp3) is 0.450. The second-order valence-electron chi connectivity index (χ2n) is 7.46. The van der Waals surface area contributed by atoms with E-state index in [9.17, 15) is 4.79 Å². The number of nitrogens with zero attached hydrogens (tertiary/aromatic N) is 4. The van der Waals surface area contributed by atoms with E-state index in [-0.39, 0.29) is 11.9 Å². The van der Waals surface area contributed by atoms with Gasteiger partial charge < -0.3 is 19.3 Å². The highest BCUT2D eigenvalue weighted by atomic mass is 16.5. The molecule has 0 radical (unpaired) electrons. The van der Waals surface area contributed by atoms with E-state index in [1.807, 2.05) is 36.4 Å². The van der Waals surface area contributed by atoms with Crippen LogP contribution in [0.15, 0.2) is 35.1 Å². The minimum absolute atomic E-state index is 0.107. The third kappa shape index (κ3) is 3.41. The molecule has 3 aromatic heterocycles. The quantitative estimate of drug-likeness (QED) is 0.767. The van der Waals surface area contributed by atoms with Crippen LogP contribution in [0.25, 0.3) is 11.0 Å². The first-order chi connectivity index (χ1) is 13.0. The molecule has 0 spiro atoms. The number of likely N-dealkylation sites (tertiary alicyclic amines) is 1. The first-order valence-corrected chi connectivity index (χ1v) is 9.38. The van der Waals surface area contributed by atoms with Gasteiger partial charge in [-0.25, -0.2) is 4.98 Å². The molecule has 4 rings (SSSR count). The molecule has 1 unspecified atom stereocenters. The van der Waals surface area contributed by atoms with Crippen LogP contribution in [0.5, 0.6) is 0 Å². The zero-order valence-electron chi connectivity index (χ0n) is 16.0. The number of rotatable bonds is 4. The minimum Gasteiger partial charge on any atom is -0.369 e. The van der Waals surface area contributed by atoms with Gasteiger partial charge in [0.25, 0.3) is 0 Å². The van der Waals surface area contributed by atoms with Gasteiger partial charge in [0, 0.05) is 55.7 Å². The number of anilines is 1. The molecule has 27 heavy (non-hydrogen) atoms. The molecule has 1 amide bonds. The second kappa shape index (κ2) is 7.06. The summed E-state index contributed by atoms with van der Waals surface area (Å²) in [6.45, 7) is 5.60. The monoisotopic (exact) mass is 367 g/mol. The van der Waals surface area contributed by atoms with Gasteiger partial charge in [-0.2, -0.15) is 0 Å². The maximum atomic E-state index is 12.8. The van der Waals surface area contributed by atoms with E-state index in [0.29, 0.717) is 24.6 Å². The largest absolute Gasteiger partial charge is 0.369 e. The van der Waals surface area contributed by atoms with Crippen molar-refractivity contribution in [2.75, 3.05) is 25.0 Å². The van der Waals surface area contributed by atoms with Crippen molar-refractivity contribution in [3.05, 3.63) is 42.0 Å². The zero-order chi connectivity index (χ0) is 19.0. The Hall–Kier alpha value is -2.83. The van der Waals surface area contributed by atoms with Gasteiger partial charge in [0.1, 0.15) is 11.4 Å². The number of pyridine rings is 1. The van der Waals surface area contributed by atoms with E-state index in [1.54, 1.807) is 0 Å². The topological polar surface area (TPSA) is 78.3 Å². The van der Waals surface area contributed by atoms with E-state index < -0.39 is 0 Å². The highest BCUT2D eigenvalue weighted by molar-refractivity contribution is 5.89. The number of amides is 1. The van der Waals surface area contributed by atoms with Gasteiger partial charge in [-0.05, 0) is 31.4 Å². The molecule has 1 fully saturated rings. The molecule has 3 aromatic rings. The number of aromatic amines is 1. The van der Waals surface area contributed by atoms with Crippen molar-refractivity contribution in [2.24, 2.45) is 5.92 Å². The van der Waals surface area contributed by atoms with Crippen LogP contribution >= 0.6 is 0 Å². The van der Waals surface area contributed by atoms with Crippen molar-refractivity contribution in [1.82, 2.24) is 20.0 Å². The minimum atomic E-state index is 0.107. The number of hydrogen-bond acceptors (Lipinski definition) is 5. The lowest BCUT2D eigenvalue weighted by Gasteiger charge is -2.42. The summed E-state index contributed by atoms with van der Waals surface area (Å²) in [6.07, 6.45) is 5.02. The van der Waals surface area contributed by atoms with Gasteiger partial charge in [0.15, 0.2) is 0 Å². The summed E-state index contributed by atoms with van der Waals surface area (Å²) in [5.41, 5.74) is 2.72. The number of carbonyl (C=O) groups is 1. The molecule has 142 valence electrons. The SMILES string of the molecule is Cc1cc(CC(=O)N2CC[C@@H](C)C(N(C)c3ccnc4[nH]ccc34)C2)no1. The summed E-state index contributed by atoms with van der Waals surface area (Å²) in [5, 5.41) is 5.06. The first-order valence-electron chi connectivity index (χ1n) is 9.38. The van der Waals surface area contributed by atoms with Crippen molar-refractivity contribution < 1.29 is 9.32 Å². The van der Waals surface area contributed by atoms with Crippen LogP contribution in [0, 0.1) is 12.8 Å². The third-order valence-electron chi connectivity index (χ3n) is 5.60. The number of fused-ring (bicyclic) bond motifs is 1. The summed E-state index contributed by atoms with van der Waals surface area (Å²) in [4.78, 5) is 24.6. The number of nitrogens with one attached hydrogen (secondary N) is 1. The van der Waals surface area contributed by atoms with Gasteiger partial charge in [-0.1, -0.05) is 12.1 Å². The van der Waals surface area contributed by atoms with Crippen LogP contribution in [0.4, 0.5) is 5.69 Å². The lowest BCUT2D eigenvalue weighted by Crippen LogP contribution is -2.53. The molecular formula is C20H25N5O2. The van der Waals surface area contributed by atoms with Crippen LogP contribution in [0.3, 0.4) is 0 Å². The summed E-state index contributed by atoms with van der Waals surface area (Å²) in [5.74, 6) is 1.33. The first kappa shape index (κ1) is 17.6. The van der Waals surface area contributed by atoms with Gasteiger partial charge >= 0.3 is 0 Å². The number of piperidine rings is 1. The molecule has 2 atom stereocenters. The molecular weight excluding hydrogens is 342 g/mol. The van der Waals surface area contributed by atoms with E-state index in [1.165, 1.54) is 0 Å². The number of H-pyrrole nitrogens is 1. The van der Waals surface area contributed by atoms with E-state index in [2.05, 4.69) is 40.1 Å². The van der Waals surface area contributed by atoms with Gasteiger partial charge in [-0.3, -0.25) is 4.79 Å². The van der Waals surface area contributed by atoms with Crippen molar-refractivity contribution in [3.63, 3.8) is 0 Å². The fourth-order valence-electron chi connectivity index (χ4n) is 3.98. The Balaban J connectivity index is 1.51. The van der Waals surface area contributed by atoms with Crippen molar-refractivity contribution in [1.29, 1.82) is 0 Å². The Morgan fingerprint density at radius 3 is 3.07 bits per heavy atom. The lowest BCUT2D eigenvalue weighted by molar-refractivity contribution is -0.132. The average molecular weight is 367 g/mol. The van der Waals surface area contributed by atoms with Gasteiger partial charge in [0.05, 0.1) is 12.1 Å². The number of hydrogen-bond donors (Lipinski definition) is 1. The Morgan fingerprint density at radius 2 is 2.30 bits per heavy atom. The van der Waals surface area contributed by atoms with Crippen LogP contribution in [0.1, 0.15) is 24.8 Å². The predicted molar refractivity (Wildman–Crippen MR) is 104 cm³/mol. The summed E-state index contributed by atoms with van der Waals surface area (Å²) in [6, 6.07) is 6.18.